The maximum atomic E-state index is 12.4. The van der Waals surface area contributed by atoms with E-state index in [-0.39, 0.29) is 18.0 Å². The van der Waals surface area contributed by atoms with E-state index in [4.69, 9.17) is 0 Å². The fraction of sp³-hybridized carbons (Fsp3) is 0.263. The van der Waals surface area contributed by atoms with Gasteiger partial charge < -0.3 is 5.32 Å². The van der Waals surface area contributed by atoms with Gasteiger partial charge in [-0.3, -0.25) is 13.9 Å². The van der Waals surface area contributed by atoms with Crippen LogP contribution in [0.5, 0.6) is 0 Å². The highest BCUT2D eigenvalue weighted by Crippen LogP contribution is 2.19. The van der Waals surface area contributed by atoms with Gasteiger partial charge in [0, 0.05) is 19.8 Å². The predicted octanol–water partition coefficient (Wildman–Crippen LogP) is 2.68. The number of anilines is 1. The van der Waals surface area contributed by atoms with Gasteiger partial charge in [0.1, 0.15) is 0 Å². The molecule has 0 saturated heterocycles. The van der Waals surface area contributed by atoms with E-state index in [0.717, 1.165) is 33.4 Å². The first-order chi connectivity index (χ1) is 11.4. The molecule has 5 nitrogen and oxygen atoms in total. The van der Waals surface area contributed by atoms with Gasteiger partial charge in [-0.15, -0.1) is 0 Å². The molecule has 1 N–H and O–H groups in total. The fourth-order valence-corrected chi connectivity index (χ4v) is 2.93. The molecule has 124 valence electrons. The Balaban J connectivity index is 1.84. The molecule has 0 fully saturated rings. The number of imidazole rings is 1. The van der Waals surface area contributed by atoms with Gasteiger partial charge in [0.15, 0.2) is 0 Å². The Morgan fingerprint density at radius 1 is 1.04 bits per heavy atom. The minimum atomic E-state index is -0.0676. The Kier molecular flexibility index (Phi) is 4.01. The Morgan fingerprint density at radius 3 is 2.50 bits per heavy atom. The maximum absolute atomic E-state index is 12.4. The van der Waals surface area contributed by atoms with E-state index in [0.29, 0.717) is 0 Å². The third-order valence-corrected chi connectivity index (χ3v) is 4.58. The maximum Gasteiger partial charge on any atom is 0.328 e. The van der Waals surface area contributed by atoms with Gasteiger partial charge in [0.05, 0.1) is 17.5 Å². The van der Waals surface area contributed by atoms with Crippen molar-refractivity contribution in [1.29, 1.82) is 0 Å². The number of hydrogen-bond acceptors (Lipinski definition) is 2. The summed E-state index contributed by atoms with van der Waals surface area (Å²) in [7, 11) is 3.49. The van der Waals surface area contributed by atoms with Crippen LogP contribution in [0, 0.1) is 13.8 Å². The number of fused-ring (bicyclic) bond motifs is 1. The van der Waals surface area contributed by atoms with Gasteiger partial charge >= 0.3 is 5.69 Å². The summed E-state index contributed by atoms with van der Waals surface area (Å²) < 4.78 is 3.21. The lowest BCUT2D eigenvalue weighted by molar-refractivity contribution is -0.115. The molecule has 0 radical (unpaired) electrons. The summed E-state index contributed by atoms with van der Waals surface area (Å²) in [5.74, 6) is -0.0658. The number of hydrogen-bond donors (Lipinski definition) is 1. The lowest BCUT2D eigenvalue weighted by atomic mass is 10.1. The molecule has 3 rings (SSSR count). The molecule has 0 aliphatic rings. The molecular formula is C19H21N3O2. The summed E-state index contributed by atoms with van der Waals surface area (Å²) in [5.41, 5.74) is 5.57. The van der Waals surface area contributed by atoms with Crippen molar-refractivity contribution in [2.24, 2.45) is 14.1 Å². The summed E-state index contributed by atoms with van der Waals surface area (Å²) in [4.78, 5) is 24.3. The zero-order valence-corrected chi connectivity index (χ0v) is 14.4. The van der Waals surface area contributed by atoms with Gasteiger partial charge in [0.25, 0.3) is 0 Å². The number of rotatable bonds is 3. The van der Waals surface area contributed by atoms with Crippen LogP contribution >= 0.6 is 0 Å². The number of amides is 1. The van der Waals surface area contributed by atoms with Crippen molar-refractivity contribution in [1.82, 2.24) is 9.13 Å². The van der Waals surface area contributed by atoms with Crippen molar-refractivity contribution in [2.45, 2.75) is 20.3 Å². The van der Waals surface area contributed by atoms with Crippen LogP contribution in [0.25, 0.3) is 11.0 Å². The molecule has 0 aliphatic carbocycles. The van der Waals surface area contributed by atoms with Crippen LogP contribution in [0.4, 0.5) is 5.69 Å². The summed E-state index contributed by atoms with van der Waals surface area (Å²) in [6.45, 7) is 4.02. The number of carbonyl (C=O) groups excluding carboxylic acids is 1. The molecular weight excluding hydrogens is 302 g/mol. The van der Waals surface area contributed by atoms with Gasteiger partial charge in [-0.2, -0.15) is 0 Å². The van der Waals surface area contributed by atoms with Crippen LogP contribution < -0.4 is 11.0 Å². The lowest BCUT2D eigenvalue weighted by Crippen LogP contribution is -2.19. The van der Waals surface area contributed by atoms with E-state index in [2.05, 4.69) is 5.32 Å². The highest BCUT2D eigenvalue weighted by atomic mass is 16.2. The molecule has 0 spiro atoms. The predicted molar refractivity (Wildman–Crippen MR) is 96.4 cm³/mol. The standard InChI is InChI=1S/C19H21N3O2/c1-12-6-5-7-15(13(12)2)20-18(23)11-14-8-9-16-17(10-14)22(4)19(24)21(16)3/h5-10H,11H2,1-4H3,(H,20,23). The average molecular weight is 323 g/mol. The van der Waals surface area contributed by atoms with Crippen molar-refractivity contribution < 1.29 is 4.79 Å². The number of nitrogens with zero attached hydrogens (tertiary/aromatic N) is 2. The average Bonchev–Trinajstić information content (AvgIpc) is 2.76. The molecule has 5 heteroatoms. The van der Waals surface area contributed by atoms with Crippen molar-refractivity contribution in [3.63, 3.8) is 0 Å². The van der Waals surface area contributed by atoms with Crippen molar-refractivity contribution in [3.05, 3.63) is 63.6 Å². The smallest absolute Gasteiger partial charge is 0.326 e. The van der Waals surface area contributed by atoms with Crippen LogP contribution in [0.2, 0.25) is 0 Å². The van der Waals surface area contributed by atoms with Crippen LogP contribution in [0.1, 0.15) is 16.7 Å². The Morgan fingerprint density at radius 2 is 1.75 bits per heavy atom. The van der Waals surface area contributed by atoms with Crippen molar-refractivity contribution in [3.8, 4) is 0 Å². The second-order valence-electron chi connectivity index (χ2n) is 6.20. The first-order valence-electron chi connectivity index (χ1n) is 7.89. The summed E-state index contributed by atoms with van der Waals surface area (Å²) in [6.07, 6.45) is 0.270. The third kappa shape index (κ3) is 2.73. The molecule has 1 heterocycles. The van der Waals surface area contributed by atoms with E-state index >= 15 is 0 Å². The second kappa shape index (κ2) is 6.00. The zero-order valence-electron chi connectivity index (χ0n) is 14.4. The Bertz CT molecular complexity index is 996. The summed E-state index contributed by atoms with van der Waals surface area (Å²) >= 11 is 0. The first-order valence-corrected chi connectivity index (χ1v) is 7.89. The van der Waals surface area contributed by atoms with Crippen LogP contribution in [0.15, 0.2) is 41.2 Å². The number of aryl methyl sites for hydroxylation is 3. The van der Waals surface area contributed by atoms with Crippen molar-refractivity contribution >= 4 is 22.6 Å². The number of aromatic nitrogens is 2. The topological polar surface area (TPSA) is 56.0 Å². The Hall–Kier alpha value is -2.82. The Labute approximate surface area is 140 Å². The van der Waals surface area contributed by atoms with E-state index < -0.39 is 0 Å². The second-order valence-corrected chi connectivity index (χ2v) is 6.20. The molecule has 0 atom stereocenters. The molecule has 1 aromatic heterocycles. The zero-order chi connectivity index (χ0) is 17.4. The lowest BCUT2D eigenvalue weighted by Gasteiger charge is -2.10. The number of nitrogens with one attached hydrogen (secondary N) is 1. The summed E-state index contributed by atoms with van der Waals surface area (Å²) in [5, 5.41) is 2.97. The van der Waals surface area contributed by atoms with Gasteiger partial charge in [-0.25, -0.2) is 4.79 Å². The van der Waals surface area contributed by atoms with Gasteiger partial charge in [0.2, 0.25) is 5.91 Å². The minimum absolute atomic E-state index is 0.0658. The van der Waals surface area contributed by atoms with Gasteiger partial charge in [-0.1, -0.05) is 18.2 Å². The highest BCUT2D eigenvalue weighted by molar-refractivity contribution is 5.93. The largest absolute Gasteiger partial charge is 0.328 e. The summed E-state index contributed by atoms with van der Waals surface area (Å²) in [6, 6.07) is 11.5. The van der Waals surface area contributed by atoms with E-state index in [9.17, 15) is 9.59 Å². The fourth-order valence-electron chi connectivity index (χ4n) is 2.93. The van der Waals surface area contributed by atoms with Crippen molar-refractivity contribution in [2.75, 3.05) is 5.32 Å². The molecule has 2 aromatic carbocycles. The SMILES string of the molecule is Cc1cccc(NC(=O)Cc2ccc3c(c2)n(C)c(=O)n3C)c1C. The quantitative estimate of drug-likeness (QED) is 0.806. The highest BCUT2D eigenvalue weighted by Gasteiger charge is 2.11. The van der Waals surface area contributed by atoms with Gasteiger partial charge in [-0.05, 0) is 48.7 Å². The molecule has 0 saturated carbocycles. The first kappa shape index (κ1) is 16.1. The van der Waals surface area contributed by atoms with E-state index in [1.165, 1.54) is 0 Å². The van der Waals surface area contributed by atoms with Crippen LogP contribution in [0.3, 0.4) is 0 Å². The molecule has 0 bridgehead atoms. The van der Waals surface area contributed by atoms with Crippen LogP contribution in [-0.4, -0.2) is 15.0 Å². The number of carbonyl (C=O) groups is 1. The van der Waals surface area contributed by atoms with Crippen LogP contribution in [-0.2, 0) is 25.3 Å². The number of benzene rings is 2. The van der Waals surface area contributed by atoms with E-state index in [1.807, 2.05) is 50.2 Å². The molecule has 1 amide bonds. The molecule has 0 unspecified atom stereocenters. The normalized spacial score (nSPS) is 11.0. The monoisotopic (exact) mass is 323 g/mol. The minimum Gasteiger partial charge on any atom is -0.326 e. The third-order valence-electron chi connectivity index (χ3n) is 4.58. The molecule has 0 aliphatic heterocycles. The molecule has 24 heavy (non-hydrogen) atoms. The van der Waals surface area contributed by atoms with E-state index in [1.54, 1.807) is 23.2 Å². The molecule has 3 aromatic rings.